The van der Waals surface area contributed by atoms with Crippen LogP contribution in [0.1, 0.15) is 12.5 Å². The third kappa shape index (κ3) is 4.76. The quantitative estimate of drug-likeness (QED) is 0.819. The molecule has 0 spiro atoms. The minimum Gasteiger partial charge on any atom is -0.492 e. The second-order valence-corrected chi connectivity index (χ2v) is 4.57. The highest BCUT2D eigenvalue weighted by Crippen LogP contribution is 2.10. The number of hydrogen-bond acceptors (Lipinski definition) is 2. The minimum atomic E-state index is 0.340. The van der Waals surface area contributed by atoms with E-state index in [1.54, 1.807) is 0 Å². The lowest BCUT2D eigenvalue weighted by molar-refractivity contribution is 0.265. The number of ether oxygens (including phenoxy) is 1. The molecule has 0 aliphatic carbocycles. The van der Waals surface area contributed by atoms with Crippen molar-refractivity contribution in [1.82, 2.24) is 5.32 Å². The highest BCUT2D eigenvalue weighted by atomic mass is 16.5. The van der Waals surface area contributed by atoms with E-state index >= 15 is 0 Å². The molecule has 2 rings (SSSR count). The molecule has 0 amide bonds. The Morgan fingerprint density at radius 3 is 2.21 bits per heavy atom. The topological polar surface area (TPSA) is 21.3 Å². The summed E-state index contributed by atoms with van der Waals surface area (Å²) >= 11 is 0. The van der Waals surface area contributed by atoms with Crippen LogP contribution in [0.25, 0.3) is 0 Å². The van der Waals surface area contributed by atoms with Crippen LogP contribution in [0.4, 0.5) is 0 Å². The van der Waals surface area contributed by atoms with Crippen LogP contribution in [0.15, 0.2) is 60.7 Å². The van der Waals surface area contributed by atoms with Gasteiger partial charge in [-0.05, 0) is 30.7 Å². The molecule has 0 bridgehead atoms. The molecule has 2 heteroatoms. The van der Waals surface area contributed by atoms with Gasteiger partial charge in [-0.2, -0.15) is 0 Å². The molecule has 1 unspecified atom stereocenters. The Bertz CT molecular complexity index is 455. The summed E-state index contributed by atoms with van der Waals surface area (Å²) in [5.74, 6) is 0.929. The Morgan fingerprint density at radius 2 is 1.58 bits per heavy atom. The van der Waals surface area contributed by atoms with Crippen LogP contribution in [0.2, 0.25) is 0 Å². The molecule has 2 nitrogen and oxygen atoms in total. The summed E-state index contributed by atoms with van der Waals surface area (Å²) < 4.78 is 5.83. The van der Waals surface area contributed by atoms with Crippen molar-refractivity contribution in [3.05, 3.63) is 66.2 Å². The maximum Gasteiger partial charge on any atom is 0.119 e. The van der Waals surface area contributed by atoms with E-state index in [2.05, 4.69) is 36.5 Å². The summed E-state index contributed by atoms with van der Waals surface area (Å²) in [6.07, 6.45) is 0.988. The maximum atomic E-state index is 5.83. The molecule has 2 aromatic carbocycles. The van der Waals surface area contributed by atoms with Gasteiger partial charge in [-0.1, -0.05) is 55.5 Å². The summed E-state index contributed by atoms with van der Waals surface area (Å²) in [6, 6.07) is 20.8. The lowest BCUT2D eigenvalue weighted by Crippen LogP contribution is -2.36. The molecule has 1 atom stereocenters. The van der Waals surface area contributed by atoms with Crippen molar-refractivity contribution in [2.24, 2.45) is 0 Å². The van der Waals surface area contributed by atoms with Crippen LogP contribution in [0.3, 0.4) is 0 Å². The highest BCUT2D eigenvalue weighted by Gasteiger charge is 2.09. The number of para-hydroxylation sites is 1. The molecule has 0 aromatic heterocycles. The molecule has 0 saturated heterocycles. The molecule has 0 aliphatic rings. The lowest BCUT2D eigenvalue weighted by Gasteiger charge is -2.18. The zero-order valence-electron chi connectivity index (χ0n) is 11.4. The highest BCUT2D eigenvalue weighted by molar-refractivity contribution is 5.21. The van der Waals surface area contributed by atoms with Crippen molar-refractivity contribution < 1.29 is 4.74 Å². The van der Waals surface area contributed by atoms with Crippen LogP contribution in [0.5, 0.6) is 5.75 Å². The Labute approximate surface area is 115 Å². The molecular weight excluding hydrogens is 234 g/mol. The lowest BCUT2D eigenvalue weighted by atomic mass is 10.1. The minimum absolute atomic E-state index is 0.340. The molecular formula is C17H21NO. The second-order valence-electron chi connectivity index (χ2n) is 4.57. The monoisotopic (exact) mass is 255 g/mol. The van der Waals surface area contributed by atoms with Gasteiger partial charge in [0.2, 0.25) is 0 Å². The number of hydrogen-bond donors (Lipinski definition) is 1. The van der Waals surface area contributed by atoms with Crippen molar-refractivity contribution in [3.8, 4) is 5.75 Å². The molecule has 0 radical (unpaired) electrons. The van der Waals surface area contributed by atoms with E-state index in [0.29, 0.717) is 12.6 Å². The summed E-state index contributed by atoms with van der Waals surface area (Å²) in [6.45, 7) is 3.77. The SMILES string of the molecule is CCNC(COc1ccccc1)Cc1ccccc1. The molecule has 0 aliphatic heterocycles. The second kappa shape index (κ2) is 7.59. The zero-order valence-corrected chi connectivity index (χ0v) is 11.4. The molecule has 19 heavy (non-hydrogen) atoms. The molecule has 2 aromatic rings. The standard InChI is InChI=1S/C17H21NO/c1-2-18-16(13-15-9-5-3-6-10-15)14-19-17-11-7-4-8-12-17/h3-12,16,18H,2,13-14H2,1H3. The van der Waals surface area contributed by atoms with E-state index in [-0.39, 0.29) is 0 Å². The Hall–Kier alpha value is -1.80. The van der Waals surface area contributed by atoms with Crippen molar-refractivity contribution in [3.63, 3.8) is 0 Å². The number of rotatable bonds is 7. The van der Waals surface area contributed by atoms with Gasteiger partial charge in [0.25, 0.3) is 0 Å². The fraction of sp³-hybridized carbons (Fsp3) is 0.294. The predicted octanol–water partition coefficient (Wildman–Crippen LogP) is 3.29. The summed E-state index contributed by atoms with van der Waals surface area (Å²) in [5, 5.41) is 3.48. The van der Waals surface area contributed by atoms with Crippen molar-refractivity contribution in [2.45, 2.75) is 19.4 Å². The van der Waals surface area contributed by atoms with Gasteiger partial charge in [0.15, 0.2) is 0 Å². The summed E-state index contributed by atoms with van der Waals surface area (Å²) in [4.78, 5) is 0. The fourth-order valence-corrected chi connectivity index (χ4v) is 2.09. The van der Waals surface area contributed by atoms with Gasteiger partial charge < -0.3 is 10.1 Å². The average Bonchev–Trinajstić information content (AvgIpc) is 2.47. The Morgan fingerprint density at radius 1 is 0.947 bits per heavy atom. The number of benzene rings is 2. The molecule has 100 valence electrons. The Kier molecular flexibility index (Phi) is 5.45. The van der Waals surface area contributed by atoms with E-state index in [4.69, 9.17) is 4.74 Å². The number of nitrogens with one attached hydrogen (secondary N) is 1. The predicted molar refractivity (Wildman–Crippen MR) is 79.5 cm³/mol. The van der Waals surface area contributed by atoms with Crippen LogP contribution in [-0.4, -0.2) is 19.2 Å². The van der Waals surface area contributed by atoms with Crippen molar-refractivity contribution >= 4 is 0 Å². The van der Waals surface area contributed by atoms with Crippen molar-refractivity contribution in [2.75, 3.05) is 13.2 Å². The normalized spacial score (nSPS) is 12.1. The van der Waals surface area contributed by atoms with Gasteiger partial charge in [-0.25, -0.2) is 0 Å². The van der Waals surface area contributed by atoms with E-state index in [0.717, 1.165) is 18.7 Å². The zero-order chi connectivity index (χ0) is 13.3. The van der Waals surface area contributed by atoms with Gasteiger partial charge in [-0.3, -0.25) is 0 Å². The number of likely N-dealkylation sites (N-methyl/N-ethyl adjacent to an activating group) is 1. The summed E-state index contributed by atoms with van der Waals surface area (Å²) in [5.41, 5.74) is 1.34. The van der Waals surface area contributed by atoms with Crippen LogP contribution < -0.4 is 10.1 Å². The van der Waals surface area contributed by atoms with Crippen LogP contribution in [-0.2, 0) is 6.42 Å². The van der Waals surface area contributed by atoms with Crippen LogP contribution in [0, 0.1) is 0 Å². The first-order chi connectivity index (χ1) is 9.38. The average molecular weight is 255 g/mol. The molecule has 0 heterocycles. The van der Waals surface area contributed by atoms with Gasteiger partial charge in [-0.15, -0.1) is 0 Å². The fourth-order valence-electron chi connectivity index (χ4n) is 2.09. The van der Waals surface area contributed by atoms with Gasteiger partial charge in [0.05, 0.1) is 0 Å². The van der Waals surface area contributed by atoms with E-state index in [9.17, 15) is 0 Å². The van der Waals surface area contributed by atoms with E-state index < -0.39 is 0 Å². The third-order valence-corrected chi connectivity index (χ3v) is 3.01. The first-order valence-corrected chi connectivity index (χ1v) is 6.83. The molecule has 1 N–H and O–H groups in total. The maximum absolute atomic E-state index is 5.83. The van der Waals surface area contributed by atoms with Crippen molar-refractivity contribution in [1.29, 1.82) is 0 Å². The smallest absolute Gasteiger partial charge is 0.119 e. The summed E-state index contributed by atoms with van der Waals surface area (Å²) in [7, 11) is 0. The van der Waals surface area contributed by atoms with E-state index in [1.165, 1.54) is 5.56 Å². The molecule has 0 fully saturated rings. The molecule has 0 saturated carbocycles. The van der Waals surface area contributed by atoms with Crippen LogP contribution >= 0.6 is 0 Å². The van der Waals surface area contributed by atoms with Gasteiger partial charge in [0, 0.05) is 6.04 Å². The van der Waals surface area contributed by atoms with Gasteiger partial charge in [0.1, 0.15) is 12.4 Å². The third-order valence-electron chi connectivity index (χ3n) is 3.01. The first kappa shape index (κ1) is 13.6. The Balaban J connectivity index is 1.89. The van der Waals surface area contributed by atoms with Gasteiger partial charge >= 0.3 is 0 Å². The largest absolute Gasteiger partial charge is 0.492 e. The first-order valence-electron chi connectivity index (χ1n) is 6.83. The van der Waals surface area contributed by atoms with E-state index in [1.807, 2.05) is 36.4 Å².